The Morgan fingerprint density at radius 3 is 2.58 bits per heavy atom. The van der Waals surface area contributed by atoms with Crippen molar-refractivity contribution in [2.45, 2.75) is 31.6 Å². The van der Waals surface area contributed by atoms with Crippen LogP contribution in [0.25, 0.3) is 0 Å². The van der Waals surface area contributed by atoms with Crippen LogP contribution in [0.1, 0.15) is 30.3 Å². The van der Waals surface area contributed by atoms with Crippen LogP contribution in [0.5, 0.6) is 0 Å². The quantitative estimate of drug-likeness (QED) is 0.864. The van der Waals surface area contributed by atoms with Crippen LogP contribution in [0.2, 0.25) is 0 Å². The number of hydrogen-bond acceptors (Lipinski definition) is 5. The molecular formula is C11H13BrN2O2S3. The van der Waals surface area contributed by atoms with Gasteiger partial charge in [0.2, 0.25) is 0 Å². The van der Waals surface area contributed by atoms with Gasteiger partial charge in [0.05, 0.1) is 9.48 Å². The molecule has 0 bridgehead atoms. The fourth-order valence-corrected chi connectivity index (χ4v) is 6.01. The van der Waals surface area contributed by atoms with Gasteiger partial charge in [0.25, 0.3) is 10.0 Å². The Balaban J connectivity index is 2.28. The number of thiophene rings is 1. The van der Waals surface area contributed by atoms with Crippen LogP contribution < -0.4 is 4.72 Å². The number of hydrogen-bond donors (Lipinski definition) is 1. The van der Waals surface area contributed by atoms with Crippen LogP contribution in [-0.4, -0.2) is 13.4 Å². The number of thiazole rings is 1. The van der Waals surface area contributed by atoms with Gasteiger partial charge in [-0.05, 0) is 34.8 Å². The van der Waals surface area contributed by atoms with E-state index >= 15 is 0 Å². The maximum Gasteiger partial charge on any atom is 0.264 e. The van der Waals surface area contributed by atoms with Crippen LogP contribution >= 0.6 is 38.6 Å². The average Bonchev–Trinajstić information content (AvgIpc) is 2.85. The molecule has 2 heterocycles. The Bertz CT molecular complexity index is 689. The van der Waals surface area contributed by atoms with Crippen LogP contribution in [0, 0.1) is 6.92 Å². The van der Waals surface area contributed by atoms with Crippen molar-refractivity contribution in [3.05, 3.63) is 25.8 Å². The van der Waals surface area contributed by atoms with Gasteiger partial charge in [0.15, 0.2) is 5.13 Å². The zero-order valence-corrected chi connectivity index (χ0v) is 14.6. The van der Waals surface area contributed by atoms with Crippen molar-refractivity contribution in [2.24, 2.45) is 0 Å². The summed E-state index contributed by atoms with van der Waals surface area (Å²) in [4.78, 5) is 5.32. The molecule has 0 unspecified atom stereocenters. The number of aromatic nitrogens is 1. The van der Waals surface area contributed by atoms with Gasteiger partial charge in [-0.3, -0.25) is 4.72 Å². The molecule has 19 heavy (non-hydrogen) atoms. The SMILES string of the molecule is Cc1sc(Br)cc1S(=O)(=O)Nc1nc(C(C)C)cs1. The van der Waals surface area contributed by atoms with Crippen molar-refractivity contribution in [1.29, 1.82) is 0 Å². The number of nitrogens with zero attached hydrogens (tertiary/aromatic N) is 1. The molecule has 0 aromatic carbocycles. The first kappa shape index (κ1) is 15.0. The number of rotatable bonds is 4. The maximum atomic E-state index is 12.3. The van der Waals surface area contributed by atoms with E-state index < -0.39 is 10.0 Å². The first-order chi connectivity index (χ1) is 8.79. The molecule has 2 aromatic rings. The topological polar surface area (TPSA) is 59.1 Å². The number of halogens is 1. The van der Waals surface area contributed by atoms with Gasteiger partial charge >= 0.3 is 0 Å². The van der Waals surface area contributed by atoms with Gasteiger partial charge < -0.3 is 0 Å². The normalized spacial score (nSPS) is 12.1. The summed E-state index contributed by atoms with van der Waals surface area (Å²) in [5.74, 6) is 0.284. The Morgan fingerprint density at radius 1 is 1.42 bits per heavy atom. The van der Waals surface area contributed by atoms with E-state index in [1.54, 1.807) is 13.0 Å². The van der Waals surface area contributed by atoms with E-state index in [0.717, 1.165) is 14.4 Å². The molecule has 1 N–H and O–H groups in total. The minimum Gasteiger partial charge on any atom is -0.255 e. The molecule has 2 rings (SSSR count). The molecule has 0 aliphatic rings. The lowest BCUT2D eigenvalue weighted by Gasteiger charge is -2.04. The molecule has 8 heteroatoms. The van der Waals surface area contributed by atoms with Crippen molar-refractivity contribution >= 4 is 53.8 Å². The highest BCUT2D eigenvalue weighted by Gasteiger charge is 2.21. The molecule has 0 aliphatic heterocycles. The van der Waals surface area contributed by atoms with E-state index in [-0.39, 0.29) is 5.92 Å². The Hall–Kier alpha value is -0.440. The second kappa shape index (κ2) is 5.51. The van der Waals surface area contributed by atoms with E-state index in [1.165, 1.54) is 22.7 Å². The summed E-state index contributed by atoms with van der Waals surface area (Å²) >= 11 is 6.00. The highest BCUT2D eigenvalue weighted by atomic mass is 79.9. The molecule has 0 amide bonds. The van der Waals surface area contributed by atoms with Crippen LogP contribution in [-0.2, 0) is 10.0 Å². The van der Waals surface area contributed by atoms with Crippen molar-refractivity contribution in [2.75, 3.05) is 4.72 Å². The van der Waals surface area contributed by atoms with Gasteiger partial charge in [-0.25, -0.2) is 13.4 Å². The Morgan fingerprint density at radius 2 is 2.11 bits per heavy atom. The van der Waals surface area contributed by atoms with Crippen LogP contribution in [0.15, 0.2) is 20.1 Å². The van der Waals surface area contributed by atoms with Gasteiger partial charge in [0, 0.05) is 10.3 Å². The summed E-state index contributed by atoms with van der Waals surface area (Å²) in [6.07, 6.45) is 0. The van der Waals surface area contributed by atoms with E-state index in [2.05, 4.69) is 25.6 Å². The maximum absolute atomic E-state index is 12.3. The highest BCUT2D eigenvalue weighted by molar-refractivity contribution is 9.11. The smallest absolute Gasteiger partial charge is 0.255 e. The Kier molecular flexibility index (Phi) is 4.34. The fraction of sp³-hybridized carbons (Fsp3) is 0.364. The number of nitrogens with one attached hydrogen (secondary N) is 1. The lowest BCUT2D eigenvalue weighted by Crippen LogP contribution is -2.13. The second-order valence-electron chi connectivity index (χ2n) is 4.31. The summed E-state index contributed by atoms with van der Waals surface area (Å²) in [5, 5.41) is 2.28. The van der Waals surface area contributed by atoms with Crippen molar-refractivity contribution in [3.63, 3.8) is 0 Å². The molecule has 0 saturated heterocycles. The fourth-order valence-electron chi connectivity index (χ4n) is 1.47. The number of sulfonamides is 1. The molecule has 2 aromatic heterocycles. The van der Waals surface area contributed by atoms with Crippen molar-refractivity contribution in [1.82, 2.24) is 4.98 Å². The van der Waals surface area contributed by atoms with E-state index in [9.17, 15) is 8.42 Å². The van der Waals surface area contributed by atoms with Crippen molar-refractivity contribution < 1.29 is 8.42 Å². The molecule has 0 saturated carbocycles. The largest absolute Gasteiger partial charge is 0.264 e. The third-order valence-electron chi connectivity index (χ3n) is 2.47. The minimum absolute atomic E-state index is 0.284. The standard InChI is InChI=1S/C11H13BrN2O2S3/c1-6(2)8-5-17-11(13-8)14-19(15,16)9-4-10(12)18-7(9)3/h4-6H,1-3H3,(H,13,14). The van der Waals surface area contributed by atoms with Crippen LogP contribution in [0.4, 0.5) is 5.13 Å². The molecule has 0 atom stereocenters. The third-order valence-corrected chi connectivity index (χ3v) is 6.52. The summed E-state index contributed by atoms with van der Waals surface area (Å²) in [7, 11) is -3.56. The second-order valence-corrected chi connectivity index (χ2v) is 9.45. The lowest BCUT2D eigenvalue weighted by molar-refractivity contribution is 0.601. The summed E-state index contributed by atoms with van der Waals surface area (Å²) < 4.78 is 27.8. The predicted octanol–water partition coefficient (Wildman–Crippen LogP) is 4.20. The predicted molar refractivity (Wildman–Crippen MR) is 83.8 cm³/mol. The summed E-state index contributed by atoms with van der Waals surface area (Å²) in [5.41, 5.74) is 0.894. The minimum atomic E-state index is -3.56. The molecular weight excluding hydrogens is 368 g/mol. The van der Waals surface area contributed by atoms with Crippen LogP contribution in [0.3, 0.4) is 0 Å². The van der Waals surface area contributed by atoms with E-state index in [0.29, 0.717) is 10.0 Å². The highest BCUT2D eigenvalue weighted by Crippen LogP contribution is 2.31. The third kappa shape index (κ3) is 3.36. The zero-order chi connectivity index (χ0) is 14.2. The molecule has 0 aliphatic carbocycles. The molecule has 4 nitrogen and oxygen atoms in total. The average molecular weight is 381 g/mol. The summed E-state index contributed by atoms with van der Waals surface area (Å²) in [6, 6.07) is 1.61. The molecule has 0 spiro atoms. The molecule has 0 radical (unpaired) electrons. The molecule has 0 fully saturated rings. The summed E-state index contributed by atoms with van der Waals surface area (Å²) in [6.45, 7) is 5.83. The van der Waals surface area contributed by atoms with Gasteiger partial charge in [-0.15, -0.1) is 22.7 Å². The zero-order valence-electron chi connectivity index (χ0n) is 10.6. The number of aryl methyl sites for hydroxylation is 1. The van der Waals surface area contributed by atoms with Gasteiger partial charge in [0.1, 0.15) is 4.90 Å². The monoisotopic (exact) mass is 380 g/mol. The van der Waals surface area contributed by atoms with Crippen molar-refractivity contribution in [3.8, 4) is 0 Å². The number of anilines is 1. The van der Waals surface area contributed by atoms with Gasteiger partial charge in [-0.1, -0.05) is 13.8 Å². The van der Waals surface area contributed by atoms with E-state index in [4.69, 9.17) is 0 Å². The lowest BCUT2D eigenvalue weighted by atomic mass is 10.2. The van der Waals surface area contributed by atoms with E-state index in [1.807, 2.05) is 19.2 Å². The first-order valence-corrected chi connectivity index (χ1v) is 9.51. The first-order valence-electron chi connectivity index (χ1n) is 5.54. The molecule has 104 valence electrons. The van der Waals surface area contributed by atoms with Gasteiger partial charge in [-0.2, -0.15) is 0 Å². The Labute approximate surface area is 129 Å².